The van der Waals surface area contributed by atoms with Crippen LogP contribution in [-0.4, -0.2) is 12.6 Å². The largest absolute Gasteiger partial charge is 0.462 e. The molecular formula is C16H14O3. The third-order valence-electron chi connectivity index (χ3n) is 3.19. The van der Waals surface area contributed by atoms with Crippen LogP contribution in [0.3, 0.4) is 0 Å². The first-order valence-corrected chi connectivity index (χ1v) is 6.34. The Labute approximate surface area is 111 Å². The fourth-order valence-electron chi connectivity index (χ4n) is 2.30. The van der Waals surface area contributed by atoms with Crippen LogP contribution in [0.5, 0.6) is 11.5 Å². The molecule has 2 aromatic carbocycles. The number of para-hydroxylation sites is 1. The Balaban J connectivity index is 2.03. The Morgan fingerprint density at radius 1 is 1.16 bits per heavy atom. The molecule has 1 aliphatic heterocycles. The number of carbonyl (C=O) groups excluding carboxylic acids is 1. The lowest BCUT2D eigenvalue weighted by molar-refractivity contribution is 0.0524. The first kappa shape index (κ1) is 11.8. The number of hydrogen-bond donors (Lipinski definition) is 0. The molecule has 0 unspecified atom stereocenters. The Morgan fingerprint density at radius 2 is 1.95 bits per heavy atom. The minimum absolute atomic E-state index is 0.290. The highest BCUT2D eigenvalue weighted by Crippen LogP contribution is 2.37. The molecule has 3 rings (SSSR count). The van der Waals surface area contributed by atoms with Crippen molar-refractivity contribution >= 4 is 5.97 Å². The van der Waals surface area contributed by atoms with Crippen LogP contribution in [0.4, 0.5) is 0 Å². The van der Waals surface area contributed by atoms with Crippen LogP contribution in [0, 0.1) is 0 Å². The van der Waals surface area contributed by atoms with Gasteiger partial charge < -0.3 is 9.47 Å². The summed E-state index contributed by atoms with van der Waals surface area (Å²) < 4.78 is 10.9. The second kappa shape index (κ2) is 4.76. The quantitative estimate of drug-likeness (QED) is 0.656. The lowest BCUT2D eigenvalue weighted by Gasteiger charge is -2.21. The number of esters is 1. The molecule has 0 fully saturated rings. The van der Waals surface area contributed by atoms with E-state index >= 15 is 0 Å². The third kappa shape index (κ3) is 2.08. The van der Waals surface area contributed by atoms with Crippen molar-refractivity contribution in [3.8, 4) is 11.5 Å². The Bertz CT molecular complexity index is 632. The molecule has 0 saturated heterocycles. The van der Waals surface area contributed by atoms with Crippen molar-refractivity contribution in [1.82, 2.24) is 0 Å². The van der Waals surface area contributed by atoms with Gasteiger partial charge in [0, 0.05) is 12.0 Å². The predicted octanol–water partition coefficient (Wildman–Crippen LogP) is 3.56. The van der Waals surface area contributed by atoms with Gasteiger partial charge in [-0.3, -0.25) is 0 Å². The molecule has 3 heteroatoms. The van der Waals surface area contributed by atoms with E-state index in [1.807, 2.05) is 36.4 Å². The molecule has 0 saturated carbocycles. The van der Waals surface area contributed by atoms with Gasteiger partial charge in [0.05, 0.1) is 12.2 Å². The molecule has 1 aliphatic rings. The van der Waals surface area contributed by atoms with Crippen molar-refractivity contribution in [2.24, 2.45) is 0 Å². The maximum atomic E-state index is 12.0. The van der Waals surface area contributed by atoms with E-state index in [9.17, 15) is 4.79 Å². The van der Waals surface area contributed by atoms with E-state index in [2.05, 4.69) is 0 Å². The van der Waals surface area contributed by atoms with Crippen LogP contribution in [-0.2, 0) is 11.2 Å². The number of rotatable bonds is 2. The van der Waals surface area contributed by atoms with E-state index < -0.39 is 0 Å². The van der Waals surface area contributed by atoms with Crippen LogP contribution in [0.2, 0.25) is 0 Å². The van der Waals surface area contributed by atoms with Crippen molar-refractivity contribution in [1.29, 1.82) is 0 Å². The fraction of sp³-hybridized carbons (Fsp3) is 0.188. The zero-order valence-corrected chi connectivity index (χ0v) is 10.7. The van der Waals surface area contributed by atoms with Gasteiger partial charge in [-0.25, -0.2) is 4.79 Å². The third-order valence-corrected chi connectivity index (χ3v) is 3.19. The minimum atomic E-state index is -0.290. The zero-order valence-electron chi connectivity index (χ0n) is 10.7. The van der Waals surface area contributed by atoms with Crippen molar-refractivity contribution in [3.63, 3.8) is 0 Å². The molecule has 0 spiro atoms. The molecule has 0 aromatic heterocycles. The van der Waals surface area contributed by atoms with Gasteiger partial charge in [-0.15, -0.1) is 0 Å². The molecule has 1 heterocycles. The average Bonchev–Trinajstić information content (AvgIpc) is 2.44. The van der Waals surface area contributed by atoms with Crippen LogP contribution in [0.1, 0.15) is 28.4 Å². The summed E-state index contributed by atoms with van der Waals surface area (Å²) in [5.41, 5.74) is 2.58. The van der Waals surface area contributed by atoms with E-state index in [0.29, 0.717) is 18.6 Å². The number of ether oxygens (including phenoxy) is 2. The molecule has 0 aliphatic carbocycles. The van der Waals surface area contributed by atoms with Crippen LogP contribution < -0.4 is 4.74 Å². The molecule has 0 bridgehead atoms. The number of benzene rings is 2. The summed E-state index contributed by atoms with van der Waals surface area (Å²) in [6.07, 6.45) is 0.695. The highest BCUT2D eigenvalue weighted by molar-refractivity contribution is 5.92. The second-order valence-electron chi connectivity index (χ2n) is 4.39. The van der Waals surface area contributed by atoms with Gasteiger partial charge in [-0.05, 0) is 30.7 Å². The first-order chi connectivity index (χ1) is 9.29. The molecule has 0 amide bonds. The smallest absolute Gasteiger partial charge is 0.338 e. The summed E-state index contributed by atoms with van der Waals surface area (Å²) in [7, 11) is 0. The molecule has 19 heavy (non-hydrogen) atoms. The lowest BCUT2D eigenvalue weighted by atomic mass is 9.96. The van der Waals surface area contributed by atoms with Gasteiger partial charge in [0.1, 0.15) is 11.5 Å². The summed E-state index contributed by atoms with van der Waals surface area (Å²) in [5.74, 6) is 1.31. The van der Waals surface area contributed by atoms with E-state index in [1.54, 1.807) is 13.0 Å². The van der Waals surface area contributed by atoms with Crippen molar-refractivity contribution in [2.75, 3.05) is 6.61 Å². The number of hydrogen-bond acceptors (Lipinski definition) is 3. The summed E-state index contributed by atoms with van der Waals surface area (Å²) in [6, 6.07) is 13.4. The standard InChI is InChI=1S/C16H14O3/c1-2-18-16(17)12-7-5-9-15-13(12)10-11-6-3-4-8-14(11)19-15/h3-9H,2,10H2,1H3. The molecule has 0 N–H and O–H groups in total. The molecular weight excluding hydrogens is 240 g/mol. The van der Waals surface area contributed by atoms with Crippen LogP contribution in [0.15, 0.2) is 42.5 Å². The monoisotopic (exact) mass is 254 g/mol. The van der Waals surface area contributed by atoms with Gasteiger partial charge >= 0.3 is 5.97 Å². The maximum absolute atomic E-state index is 12.0. The van der Waals surface area contributed by atoms with Gasteiger partial charge in [0.2, 0.25) is 0 Å². The average molecular weight is 254 g/mol. The highest BCUT2D eigenvalue weighted by atomic mass is 16.5. The molecule has 2 aromatic rings. The second-order valence-corrected chi connectivity index (χ2v) is 4.39. The minimum Gasteiger partial charge on any atom is -0.462 e. The van der Waals surface area contributed by atoms with E-state index in [1.165, 1.54) is 0 Å². The Kier molecular flexibility index (Phi) is 2.95. The maximum Gasteiger partial charge on any atom is 0.338 e. The summed E-state index contributed by atoms with van der Waals surface area (Å²) in [5, 5.41) is 0. The van der Waals surface area contributed by atoms with E-state index in [0.717, 1.165) is 22.6 Å². The molecule has 96 valence electrons. The lowest BCUT2D eigenvalue weighted by Crippen LogP contribution is -2.12. The summed E-state index contributed by atoms with van der Waals surface area (Å²) >= 11 is 0. The van der Waals surface area contributed by atoms with E-state index in [4.69, 9.17) is 9.47 Å². The highest BCUT2D eigenvalue weighted by Gasteiger charge is 2.22. The summed E-state index contributed by atoms with van der Waals surface area (Å²) in [4.78, 5) is 12.0. The molecule has 0 radical (unpaired) electrons. The number of fused-ring (bicyclic) bond motifs is 2. The van der Waals surface area contributed by atoms with Crippen LogP contribution >= 0.6 is 0 Å². The molecule has 3 nitrogen and oxygen atoms in total. The van der Waals surface area contributed by atoms with Crippen LogP contribution in [0.25, 0.3) is 0 Å². The number of carbonyl (C=O) groups is 1. The zero-order chi connectivity index (χ0) is 13.2. The van der Waals surface area contributed by atoms with Gasteiger partial charge in [-0.2, -0.15) is 0 Å². The predicted molar refractivity (Wildman–Crippen MR) is 71.7 cm³/mol. The van der Waals surface area contributed by atoms with Crippen molar-refractivity contribution < 1.29 is 14.3 Å². The SMILES string of the molecule is CCOC(=O)c1cccc2c1Cc1ccccc1O2. The van der Waals surface area contributed by atoms with Gasteiger partial charge in [0.25, 0.3) is 0 Å². The summed E-state index contributed by atoms with van der Waals surface area (Å²) in [6.45, 7) is 2.18. The van der Waals surface area contributed by atoms with Crippen molar-refractivity contribution in [3.05, 3.63) is 59.2 Å². The first-order valence-electron chi connectivity index (χ1n) is 6.34. The fourth-order valence-corrected chi connectivity index (χ4v) is 2.30. The van der Waals surface area contributed by atoms with Crippen molar-refractivity contribution in [2.45, 2.75) is 13.3 Å². The Morgan fingerprint density at radius 3 is 2.79 bits per heavy atom. The van der Waals surface area contributed by atoms with E-state index in [-0.39, 0.29) is 5.97 Å². The normalized spacial score (nSPS) is 12.1. The van der Waals surface area contributed by atoms with Gasteiger partial charge in [0.15, 0.2) is 0 Å². The Hall–Kier alpha value is -2.29. The topological polar surface area (TPSA) is 35.5 Å². The molecule has 0 atom stereocenters. The van der Waals surface area contributed by atoms with Gasteiger partial charge in [-0.1, -0.05) is 24.3 Å².